The van der Waals surface area contributed by atoms with Crippen LogP contribution in [0.2, 0.25) is 5.02 Å². The van der Waals surface area contributed by atoms with Gasteiger partial charge in [-0.25, -0.2) is 9.18 Å². The number of benzene rings is 2. The summed E-state index contributed by atoms with van der Waals surface area (Å²) in [7, 11) is 1.41. The number of rotatable bonds is 6. The molecule has 0 atom stereocenters. The van der Waals surface area contributed by atoms with E-state index in [0.29, 0.717) is 11.1 Å². The molecule has 1 heterocycles. The maximum absolute atomic E-state index is 13.2. The second-order valence-electron chi connectivity index (χ2n) is 6.14. The quantitative estimate of drug-likeness (QED) is 0.574. The summed E-state index contributed by atoms with van der Waals surface area (Å²) in [5, 5.41) is 5.26. The van der Waals surface area contributed by atoms with Crippen molar-refractivity contribution >= 4 is 45.8 Å². The first-order chi connectivity index (χ1) is 14.3. The second kappa shape index (κ2) is 8.83. The van der Waals surface area contributed by atoms with E-state index in [-0.39, 0.29) is 27.8 Å². The molecule has 0 bridgehead atoms. The number of anilines is 2. The first-order valence-corrected chi connectivity index (χ1v) is 8.96. The summed E-state index contributed by atoms with van der Waals surface area (Å²) in [5.41, 5.74) is -0.268. The monoisotopic (exact) mass is 434 g/mol. The fourth-order valence-corrected chi connectivity index (χ4v) is 2.77. The molecule has 2 amide bonds. The molecule has 0 aliphatic carbocycles. The standard InChI is InChI=1S/C20H16ClFN2O6/c1-10(25)23-15-5-11-6-17(28-2)18(8-16(11)30-20(15)27)29-9-19(26)24-12-3-4-14(22)13(21)7-12/h3-8H,9H2,1-2H3,(H,23,25)(H,24,26). The number of hydrogen-bond donors (Lipinski definition) is 2. The van der Waals surface area contributed by atoms with Gasteiger partial charge in [-0.05, 0) is 30.3 Å². The fourth-order valence-electron chi connectivity index (χ4n) is 2.59. The molecule has 0 aliphatic rings. The molecule has 1 aromatic heterocycles. The third-order valence-corrected chi connectivity index (χ3v) is 4.18. The lowest BCUT2D eigenvalue weighted by atomic mass is 10.2. The van der Waals surface area contributed by atoms with Crippen molar-refractivity contribution in [2.45, 2.75) is 6.92 Å². The van der Waals surface area contributed by atoms with E-state index in [9.17, 15) is 18.8 Å². The van der Waals surface area contributed by atoms with Gasteiger partial charge in [-0.2, -0.15) is 0 Å². The Kier molecular flexibility index (Phi) is 6.22. The molecule has 10 heteroatoms. The minimum atomic E-state index is -0.736. The largest absolute Gasteiger partial charge is 0.493 e. The van der Waals surface area contributed by atoms with Crippen LogP contribution in [0.25, 0.3) is 11.0 Å². The normalized spacial score (nSPS) is 10.5. The Labute approximate surface area is 174 Å². The Bertz CT molecular complexity index is 1190. The first kappa shape index (κ1) is 21.1. The molecule has 2 aromatic carbocycles. The highest BCUT2D eigenvalue weighted by atomic mass is 35.5. The van der Waals surface area contributed by atoms with Gasteiger partial charge in [0.15, 0.2) is 18.1 Å². The van der Waals surface area contributed by atoms with Crippen molar-refractivity contribution in [3.63, 3.8) is 0 Å². The molecule has 0 radical (unpaired) electrons. The van der Waals surface area contributed by atoms with Gasteiger partial charge in [0.25, 0.3) is 5.91 Å². The minimum absolute atomic E-state index is 0.0111. The average molecular weight is 435 g/mol. The molecule has 156 valence electrons. The Morgan fingerprint density at radius 1 is 1.13 bits per heavy atom. The van der Waals surface area contributed by atoms with Gasteiger partial charge in [-0.3, -0.25) is 9.59 Å². The Morgan fingerprint density at radius 2 is 1.90 bits per heavy atom. The highest BCUT2D eigenvalue weighted by molar-refractivity contribution is 6.31. The lowest BCUT2D eigenvalue weighted by Gasteiger charge is -2.12. The van der Waals surface area contributed by atoms with Crippen LogP contribution in [0.5, 0.6) is 11.5 Å². The van der Waals surface area contributed by atoms with Crippen LogP contribution in [0.3, 0.4) is 0 Å². The molecule has 0 aliphatic heterocycles. The number of methoxy groups -OCH3 is 1. The van der Waals surface area contributed by atoms with E-state index in [1.165, 1.54) is 44.4 Å². The Balaban J connectivity index is 1.79. The number of hydrogen-bond acceptors (Lipinski definition) is 6. The number of ether oxygens (including phenoxy) is 2. The first-order valence-electron chi connectivity index (χ1n) is 8.58. The van der Waals surface area contributed by atoms with Crippen molar-refractivity contribution in [2.75, 3.05) is 24.4 Å². The lowest BCUT2D eigenvalue weighted by molar-refractivity contribution is -0.118. The van der Waals surface area contributed by atoms with Gasteiger partial charge >= 0.3 is 5.63 Å². The van der Waals surface area contributed by atoms with Crippen molar-refractivity contribution in [2.24, 2.45) is 0 Å². The van der Waals surface area contributed by atoms with E-state index in [1.807, 2.05) is 0 Å². The van der Waals surface area contributed by atoms with E-state index in [2.05, 4.69) is 10.6 Å². The average Bonchev–Trinajstić information content (AvgIpc) is 2.69. The zero-order valence-electron chi connectivity index (χ0n) is 15.9. The van der Waals surface area contributed by atoms with Crippen LogP contribution < -0.4 is 25.7 Å². The second-order valence-corrected chi connectivity index (χ2v) is 6.54. The summed E-state index contributed by atoms with van der Waals surface area (Å²) in [6.45, 7) is 0.872. The number of carbonyl (C=O) groups excluding carboxylic acids is 2. The fraction of sp³-hybridized carbons (Fsp3) is 0.150. The summed E-state index contributed by atoms with van der Waals surface area (Å²) in [4.78, 5) is 35.3. The lowest BCUT2D eigenvalue weighted by Crippen LogP contribution is -2.20. The van der Waals surface area contributed by atoms with Crippen LogP contribution in [0.4, 0.5) is 15.8 Å². The number of fused-ring (bicyclic) bond motifs is 1. The van der Waals surface area contributed by atoms with Crippen LogP contribution in [0.15, 0.2) is 45.6 Å². The van der Waals surface area contributed by atoms with Gasteiger partial charge in [0.1, 0.15) is 17.1 Å². The Morgan fingerprint density at radius 3 is 2.57 bits per heavy atom. The van der Waals surface area contributed by atoms with Crippen molar-refractivity contribution in [1.29, 1.82) is 0 Å². The van der Waals surface area contributed by atoms with Crippen LogP contribution in [-0.4, -0.2) is 25.5 Å². The van der Waals surface area contributed by atoms with E-state index in [0.717, 1.165) is 6.07 Å². The zero-order valence-corrected chi connectivity index (χ0v) is 16.6. The Hall–Kier alpha value is -3.59. The number of nitrogens with one attached hydrogen (secondary N) is 2. The smallest absolute Gasteiger partial charge is 0.360 e. The van der Waals surface area contributed by atoms with Crippen LogP contribution in [0.1, 0.15) is 6.92 Å². The van der Waals surface area contributed by atoms with Crippen molar-refractivity contribution in [3.8, 4) is 11.5 Å². The molecule has 0 saturated heterocycles. The third-order valence-electron chi connectivity index (χ3n) is 3.89. The predicted octanol–water partition coefficient (Wildman–Crippen LogP) is 3.57. The maximum Gasteiger partial charge on any atom is 0.360 e. The summed E-state index contributed by atoms with van der Waals surface area (Å²) in [6, 6.07) is 8.14. The van der Waals surface area contributed by atoms with E-state index < -0.39 is 29.9 Å². The van der Waals surface area contributed by atoms with Crippen molar-refractivity contribution in [1.82, 2.24) is 0 Å². The van der Waals surface area contributed by atoms with Crippen LogP contribution >= 0.6 is 11.6 Å². The molecule has 2 N–H and O–H groups in total. The SMILES string of the molecule is COc1cc2cc(NC(C)=O)c(=O)oc2cc1OCC(=O)Nc1ccc(F)c(Cl)c1. The van der Waals surface area contributed by atoms with E-state index in [1.54, 1.807) is 0 Å². The van der Waals surface area contributed by atoms with Crippen molar-refractivity contribution < 1.29 is 27.9 Å². The van der Waals surface area contributed by atoms with Gasteiger partial charge in [0, 0.05) is 24.1 Å². The molecule has 0 spiro atoms. The van der Waals surface area contributed by atoms with Gasteiger partial charge in [0.2, 0.25) is 5.91 Å². The summed E-state index contributed by atoms with van der Waals surface area (Å²) in [6.07, 6.45) is 0. The van der Waals surface area contributed by atoms with Gasteiger partial charge in [0.05, 0.1) is 12.1 Å². The molecule has 0 fully saturated rings. The molecule has 0 unspecified atom stereocenters. The van der Waals surface area contributed by atoms with E-state index in [4.69, 9.17) is 25.5 Å². The molecule has 0 saturated carbocycles. The third kappa shape index (κ3) is 4.87. The van der Waals surface area contributed by atoms with Gasteiger partial charge in [-0.1, -0.05) is 11.6 Å². The maximum atomic E-state index is 13.2. The molecular formula is C20H16ClFN2O6. The molecule has 3 aromatic rings. The van der Waals surface area contributed by atoms with Crippen molar-refractivity contribution in [3.05, 3.63) is 57.7 Å². The summed E-state index contributed by atoms with van der Waals surface area (Å²) < 4.78 is 29.1. The molecule has 30 heavy (non-hydrogen) atoms. The topological polar surface area (TPSA) is 107 Å². The van der Waals surface area contributed by atoms with Gasteiger partial charge in [-0.15, -0.1) is 0 Å². The summed E-state index contributed by atoms with van der Waals surface area (Å²) >= 11 is 5.68. The van der Waals surface area contributed by atoms with Crippen LogP contribution in [-0.2, 0) is 9.59 Å². The predicted molar refractivity (Wildman–Crippen MR) is 109 cm³/mol. The summed E-state index contributed by atoms with van der Waals surface area (Å²) in [5.74, 6) is -1.10. The zero-order chi connectivity index (χ0) is 21.8. The number of halogens is 2. The highest BCUT2D eigenvalue weighted by Crippen LogP contribution is 2.32. The number of amides is 2. The highest BCUT2D eigenvalue weighted by Gasteiger charge is 2.14. The minimum Gasteiger partial charge on any atom is -0.493 e. The van der Waals surface area contributed by atoms with E-state index >= 15 is 0 Å². The molecular weight excluding hydrogens is 419 g/mol. The number of carbonyl (C=O) groups is 2. The van der Waals surface area contributed by atoms with Crippen LogP contribution in [0, 0.1) is 5.82 Å². The molecule has 8 nitrogen and oxygen atoms in total. The molecule has 3 rings (SSSR count). The van der Waals surface area contributed by atoms with Gasteiger partial charge < -0.3 is 24.5 Å².